The van der Waals surface area contributed by atoms with Gasteiger partial charge in [-0.2, -0.15) is 0 Å². The first-order valence-electron chi connectivity index (χ1n) is 4.94. The van der Waals surface area contributed by atoms with E-state index < -0.39 is 18.1 Å². The van der Waals surface area contributed by atoms with Crippen molar-refractivity contribution < 1.29 is 15.0 Å². The number of carboxylic acids is 1. The number of fused-ring (bicyclic) bond motifs is 2. The Hall–Kier alpha value is -0.870. The predicted octanol–water partition coefficient (Wildman–Crippen LogP) is -0.0286. The van der Waals surface area contributed by atoms with Gasteiger partial charge in [0.25, 0.3) is 0 Å². The Morgan fingerprint density at radius 3 is 2.57 bits per heavy atom. The van der Waals surface area contributed by atoms with Crippen molar-refractivity contribution in [2.75, 3.05) is 0 Å². The van der Waals surface area contributed by atoms with Gasteiger partial charge in [0, 0.05) is 0 Å². The molecular formula is C10H15NO3. The van der Waals surface area contributed by atoms with Crippen LogP contribution in [0.1, 0.15) is 12.8 Å². The highest BCUT2D eigenvalue weighted by Crippen LogP contribution is 2.45. The third kappa shape index (κ3) is 1.44. The maximum absolute atomic E-state index is 10.6. The Morgan fingerprint density at radius 1 is 1.43 bits per heavy atom. The van der Waals surface area contributed by atoms with Crippen LogP contribution in [0.4, 0.5) is 0 Å². The van der Waals surface area contributed by atoms with Crippen molar-refractivity contribution in [3.8, 4) is 0 Å². The van der Waals surface area contributed by atoms with E-state index in [-0.39, 0.29) is 5.92 Å². The van der Waals surface area contributed by atoms with Crippen LogP contribution >= 0.6 is 0 Å². The quantitative estimate of drug-likeness (QED) is 0.555. The van der Waals surface area contributed by atoms with Gasteiger partial charge < -0.3 is 15.9 Å². The number of allylic oxidation sites excluding steroid dienone is 2. The second kappa shape index (κ2) is 3.37. The van der Waals surface area contributed by atoms with Crippen molar-refractivity contribution in [1.29, 1.82) is 0 Å². The highest BCUT2D eigenvalue weighted by atomic mass is 16.4. The minimum Gasteiger partial charge on any atom is -0.480 e. The van der Waals surface area contributed by atoms with E-state index in [9.17, 15) is 9.90 Å². The van der Waals surface area contributed by atoms with Gasteiger partial charge in [0.2, 0.25) is 0 Å². The van der Waals surface area contributed by atoms with Crippen molar-refractivity contribution in [2.24, 2.45) is 23.5 Å². The van der Waals surface area contributed by atoms with Gasteiger partial charge in [-0.05, 0) is 30.6 Å². The summed E-state index contributed by atoms with van der Waals surface area (Å²) in [4.78, 5) is 10.6. The first-order valence-corrected chi connectivity index (χ1v) is 4.94. The Labute approximate surface area is 82.4 Å². The van der Waals surface area contributed by atoms with E-state index >= 15 is 0 Å². The lowest BCUT2D eigenvalue weighted by Gasteiger charge is -2.26. The molecule has 1 fully saturated rings. The fraction of sp³-hybridized carbons (Fsp3) is 0.700. The molecule has 2 bridgehead atoms. The van der Waals surface area contributed by atoms with Gasteiger partial charge in [-0.15, -0.1) is 0 Å². The molecule has 0 saturated heterocycles. The molecule has 0 amide bonds. The molecule has 0 spiro atoms. The molecule has 0 aliphatic heterocycles. The summed E-state index contributed by atoms with van der Waals surface area (Å²) < 4.78 is 0. The maximum Gasteiger partial charge on any atom is 0.323 e. The Balaban J connectivity index is 2.02. The summed E-state index contributed by atoms with van der Waals surface area (Å²) in [5.41, 5.74) is 5.40. The Morgan fingerprint density at radius 2 is 2.14 bits per heavy atom. The summed E-state index contributed by atoms with van der Waals surface area (Å²) in [5, 5.41) is 18.5. The van der Waals surface area contributed by atoms with Crippen LogP contribution in [0.2, 0.25) is 0 Å². The number of carbonyl (C=O) groups is 1. The second-order valence-electron chi connectivity index (χ2n) is 4.30. The van der Waals surface area contributed by atoms with Crippen LogP contribution in [0.5, 0.6) is 0 Å². The van der Waals surface area contributed by atoms with Crippen molar-refractivity contribution in [3.63, 3.8) is 0 Å². The zero-order valence-electron chi connectivity index (χ0n) is 7.84. The number of aliphatic carboxylic acids is 1. The molecule has 1 saturated carbocycles. The van der Waals surface area contributed by atoms with E-state index in [4.69, 9.17) is 10.8 Å². The fourth-order valence-corrected chi connectivity index (χ4v) is 2.63. The van der Waals surface area contributed by atoms with Gasteiger partial charge in [0.1, 0.15) is 6.04 Å². The summed E-state index contributed by atoms with van der Waals surface area (Å²) in [5.74, 6) is -0.221. The molecule has 4 nitrogen and oxygen atoms in total. The number of rotatable bonds is 3. The molecule has 4 heteroatoms. The minimum absolute atomic E-state index is 0.0381. The standard InChI is InChI=1S/C10H15NO3/c11-8(10(13)14)9(12)7-4-5-1-2-6(7)3-5/h1-2,5-9,12H,3-4,11H2,(H,13,14)/t5?,6?,7?,8-,9+/m1/s1. The molecule has 0 heterocycles. The molecule has 78 valence electrons. The number of nitrogens with two attached hydrogens (primary N) is 1. The Kier molecular flexibility index (Phi) is 2.33. The molecule has 14 heavy (non-hydrogen) atoms. The molecule has 2 aliphatic carbocycles. The van der Waals surface area contributed by atoms with Crippen molar-refractivity contribution in [1.82, 2.24) is 0 Å². The van der Waals surface area contributed by atoms with E-state index in [1.165, 1.54) is 0 Å². The highest BCUT2D eigenvalue weighted by molar-refractivity contribution is 5.74. The molecule has 0 aromatic carbocycles. The lowest BCUT2D eigenvalue weighted by Crippen LogP contribution is -2.46. The van der Waals surface area contributed by atoms with Gasteiger partial charge in [0.15, 0.2) is 0 Å². The maximum atomic E-state index is 10.6. The SMILES string of the molecule is N[C@@H](C(=O)O)[C@@H](O)C1CC2C=CC1C2. The fourth-order valence-electron chi connectivity index (χ4n) is 2.63. The average Bonchev–Trinajstić information content (AvgIpc) is 2.76. The topological polar surface area (TPSA) is 83.6 Å². The number of hydrogen-bond donors (Lipinski definition) is 3. The van der Waals surface area contributed by atoms with Crippen molar-refractivity contribution in [2.45, 2.75) is 25.0 Å². The number of hydrogen-bond acceptors (Lipinski definition) is 3. The summed E-state index contributed by atoms with van der Waals surface area (Å²) >= 11 is 0. The minimum atomic E-state index is -1.15. The van der Waals surface area contributed by atoms with Crippen LogP contribution in [0.15, 0.2) is 12.2 Å². The average molecular weight is 197 g/mol. The monoisotopic (exact) mass is 197 g/mol. The van der Waals surface area contributed by atoms with Gasteiger partial charge in [-0.1, -0.05) is 12.2 Å². The predicted molar refractivity (Wildman–Crippen MR) is 50.5 cm³/mol. The van der Waals surface area contributed by atoms with Crippen LogP contribution in [0.3, 0.4) is 0 Å². The molecule has 3 unspecified atom stereocenters. The summed E-state index contributed by atoms with van der Waals surface area (Å²) in [6.07, 6.45) is 5.25. The smallest absolute Gasteiger partial charge is 0.323 e. The van der Waals surface area contributed by atoms with Crippen molar-refractivity contribution >= 4 is 5.97 Å². The van der Waals surface area contributed by atoms with Gasteiger partial charge in [-0.3, -0.25) is 4.79 Å². The molecule has 5 atom stereocenters. The Bertz CT molecular complexity index is 277. The molecule has 4 N–H and O–H groups in total. The molecule has 0 aromatic rings. The third-order valence-corrected chi connectivity index (χ3v) is 3.42. The lowest BCUT2D eigenvalue weighted by molar-refractivity contribution is -0.142. The zero-order chi connectivity index (χ0) is 10.3. The van der Waals surface area contributed by atoms with Crippen molar-refractivity contribution in [3.05, 3.63) is 12.2 Å². The normalized spacial score (nSPS) is 38.6. The van der Waals surface area contributed by atoms with E-state index in [1.807, 2.05) is 0 Å². The van der Waals surface area contributed by atoms with Crippen LogP contribution in [-0.2, 0) is 4.79 Å². The number of aliphatic hydroxyl groups excluding tert-OH is 1. The highest BCUT2D eigenvalue weighted by Gasteiger charge is 2.42. The molecule has 2 rings (SSSR count). The summed E-state index contributed by atoms with van der Waals surface area (Å²) in [6, 6.07) is -1.15. The third-order valence-electron chi connectivity index (χ3n) is 3.42. The first-order chi connectivity index (χ1) is 6.59. The van der Waals surface area contributed by atoms with E-state index in [1.54, 1.807) is 0 Å². The van der Waals surface area contributed by atoms with Gasteiger partial charge in [0.05, 0.1) is 6.10 Å². The first kappa shape index (κ1) is 9.68. The largest absolute Gasteiger partial charge is 0.480 e. The summed E-state index contributed by atoms with van der Waals surface area (Å²) in [6.45, 7) is 0. The lowest BCUT2D eigenvalue weighted by atomic mass is 9.85. The molecule has 2 aliphatic rings. The van der Waals surface area contributed by atoms with E-state index in [0.717, 1.165) is 12.8 Å². The van der Waals surface area contributed by atoms with E-state index in [2.05, 4.69) is 12.2 Å². The van der Waals surface area contributed by atoms with Crippen LogP contribution < -0.4 is 5.73 Å². The summed E-state index contributed by atoms with van der Waals surface area (Å²) in [7, 11) is 0. The number of aliphatic hydroxyl groups is 1. The van der Waals surface area contributed by atoms with Crippen LogP contribution in [0, 0.1) is 17.8 Å². The second-order valence-corrected chi connectivity index (χ2v) is 4.30. The number of carboxylic acid groups (broad SMARTS) is 1. The molecular weight excluding hydrogens is 182 g/mol. The zero-order valence-corrected chi connectivity index (χ0v) is 7.84. The van der Waals surface area contributed by atoms with Gasteiger partial charge >= 0.3 is 5.97 Å². The molecule has 0 aromatic heterocycles. The molecule has 0 radical (unpaired) electrons. The van der Waals surface area contributed by atoms with Gasteiger partial charge in [-0.25, -0.2) is 0 Å². The van der Waals surface area contributed by atoms with Crippen LogP contribution in [-0.4, -0.2) is 28.3 Å². The van der Waals surface area contributed by atoms with Crippen LogP contribution in [0.25, 0.3) is 0 Å². The van der Waals surface area contributed by atoms with E-state index in [0.29, 0.717) is 11.8 Å².